The minimum absolute atomic E-state index is 0.189. The molecule has 9 heteroatoms. The van der Waals surface area contributed by atoms with E-state index in [-0.39, 0.29) is 6.04 Å². The minimum atomic E-state index is 0.189. The molecule has 1 saturated heterocycles. The van der Waals surface area contributed by atoms with E-state index in [1.807, 2.05) is 54.8 Å². The van der Waals surface area contributed by atoms with Gasteiger partial charge < -0.3 is 25.8 Å². The number of fused-ring (bicyclic) bond motifs is 1. The molecule has 2 atom stereocenters. The number of nitrogens with two attached hydrogens (primary N) is 2. The number of benzene rings is 1. The largest absolute Gasteiger partial charge is 0.495 e. The molecule has 9 nitrogen and oxygen atoms in total. The summed E-state index contributed by atoms with van der Waals surface area (Å²) in [6.07, 6.45) is 10.6. The van der Waals surface area contributed by atoms with Crippen molar-refractivity contribution in [2.75, 3.05) is 25.2 Å². The first-order valence-electron chi connectivity index (χ1n) is 11.0. The van der Waals surface area contributed by atoms with Crippen LogP contribution < -0.4 is 21.1 Å². The quantitative estimate of drug-likeness (QED) is 0.725. The van der Waals surface area contributed by atoms with Crippen molar-refractivity contribution in [3.63, 3.8) is 0 Å². The van der Waals surface area contributed by atoms with Gasteiger partial charge in [0.1, 0.15) is 11.6 Å². The average Bonchev–Trinajstić information content (AvgIpc) is 3.51. The predicted octanol–water partition coefficient (Wildman–Crippen LogP) is 2.50. The predicted molar refractivity (Wildman–Crippen MR) is 128 cm³/mol. The van der Waals surface area contributed by atoms with Crippen molar-refractivity contribution in [1.82, 2.24) is 14.7 Å². The number of hydrogen-bond donors (Lipinski definition) is 2. The number of rotatable bonds is 5. The summed E-state index contributed by atoms with van der Waals surface area (Å²) in [7, 11) is 3.54. The van der Waals surface area contributed by atoms with Crippen LogP contribution >= 0.6 is 0 Å². The molecule has 4 N–H and O–H groups in total. The van der Waals surface area contributed by atoms with Crippen LogP contribution in [0.5, 0.6) is 5.75 Å². The number of aryl methyl sites for hydroxylation is 1. The van der Waals surface area contributed by atoms with Crippen molar-refractivity contribution < 1.29 is 9.47 Å². The number of aromatic nitrogens is 2. The number of allylic oxidation sites excluding steroid dienone is 1. The smallest absolute Gasteiger partial charge is 0.205 e. The number of aliphatic imine (C=N–C) groups is 1. The van der Waals surface area contributed by atoms with Crippen molar-refractivity contribution in [2.24, 2.45) is 29.4 Å². The Bertz CT molecular complexity index is 1190. The van der Waals surface area contributed by atoms with E-state index < -0.39 is 0 Å². The topological polar surface area (TPSA) is 107 Å². The zero-order valence-corrected chi connectivity index (χ0v) is 19.1. The van der Waals surface area contributed by atoms with Crippen LogP contribution in [-0.4, -0.2) is 47.0 Å². The van der Waals surface area contributed by atoms with E-state index in [1.54, 1.807) is 18.0 Å². The highest BCUT2D eigenvalue weighted by molar-refractivity contribution is 6.02. The Kier molecular flexibility index (Phi) is 5.33. The molecule has 1 fully saturated rings. The number of hydrogen-bond acceptors (Lipinski definition) is 8. The molecule has 4 heterocycles. The lowest BCUT2D eigenvalue weighted by Crippen LogP contribution is -2.46. The molecule has 172 valence electrons. The maximum absolute atomic E-state index is 6.78. The number of ether oxygens (including phenoxy) is 2. The summed E-state index contributed by atoms with van der Waals surface area (Å²) >= 11 is 0. The number of anilines is 1. The Labute approximate surface area is 193 Å². The second kappa shape index (κ2) is 8.32. The van der Waals surface area contributed by atoms with Gasteiger partial charge in [0, 0.05) is 55.3 Å². The Morgan fingerprint density at radius 3 is 2.79 bits per heavy atom. The third-order valence-electron chi connectivity index (χ3n) is 6.54. The van der Waals surface area contributed by atoms with E-state index in [2.05, 4.69) is 21.9 Å². The van der Waals surface area contributed by atoms with Crippen molar-refractivity contribution in [2.45, 2.75) is 19.4 Å². The van der Waals surface area contributed by atoms with Gasteiger partial charge in [-0.2, -0.15) is 5.10 Å². The van der Waals surface area contributed by atoms with Crippen LogP contribution in [0.4, 0.5) is 5.69 Å². The summed E-state index contributed by atoms with van der Waals surface area (Å²) in [5.74, 6) is 2.03. The monoisotopic (exact) mass is 447 g/mol. The van der Waals surface area contributed by atoms with Crippen LogP contribution in [0.15, 0.2) is 71.2 Å². The third kappa shape index (κ3) is 3.64. The molecular weight excluding hydrogens is 418 g/mol. The molecule has 0 amide bonds. The minimum Gasteiger partial charge on any atom is -0.495 e. The highest BCUT2D eigenvalue weighted by Crippen LogP contribution is 2.40. The van der Waals surface area contributed by atoms with Crippen molar-refractivity contribution in [3.05, 3.63) is 66.2 Å². The fourth-order valence-corrected chi connectivity index (χ4v) is 4.62. The summed E-state index contributed by atoms with van der Waals surface area (Å²) in [6.45, 7) is 3.72. The first-order chi connectivity index (χ1) is 16.0. The third-order valence-corrected chi connectivity index (χ3v) is 6.54. The van der Waals surface area contributed by atoms with Crippen LogP contribution in [0, 0.1) is 5.92 Å². The highest BCUT2D eigenvalue weighted by atomic mass is 16.5. The lowest BCUT2D eigenvalue weighted by Gasteiger charge is -2.39. The van der Waals surface area contributed by atoms with E-state index in [9.17, 15) is 0 Å². The summed E-state index contributed by atoms with van der Waals surface area (Å²) in [5, 5.41) is 4.27. The maximum Gasteiger partial charge on any atom is 0.205 e. The van der Waals surface area contributed by atoms with Gasteiger partial charge in [-0.3, -0.25) is 9.58 Å². The van der Waals surface area contributed by atoms with Gasteiger partial charge in [0.2, 0.25) is 5.96 Å². The Morgan fingerprint density at radius 2 is 2.09 bits per heavy atom. The summed E-state index contributed by atoms with van der Waals surface area (Å²) in [6, 6.07) is 6.16. The lowest BCUT2D eigenvalue weighted by atomic mass is 9.97. The molecule has 1 aromatic carbocycles. The molecule has 0 bridgehead atoms. The molecule has 0 aliphatic carbocycles. The van der Waals surface area contributed by atoms with Crippen LogP contribution in [0.2, 0.25) is 0 Å². The van der Waals surface area contributed by atoms with Gasteiger partial charge >= 0.3 is 0 Å². The van der Waals surface area contributed by atoms with Gasteiger partial charge in [0.05, 0.1) is 31.3 Å². The van der Waals surface area contributed by atoms with Gasteiger partial charge in [-0.25, -0.2) is 4.99 Å². The van der Waals surface area contributed by atoms with E-state index in [0.29, 0.717) is 23.4 Å². The molecule has 33 heavy (non-hydrogen) atoms. The summed E-state index contributed by atoms with van der Waals surface area (Å²) in [4.78, 5) is 8.39. The molecule has 0 radical (unpaired) electrons. The van der Waals surface area contributed by atoms with Crippen LogP contribution in [-0.2, 0) is 11.8 Å². The molecule has 2 aromatic rings. The molecular formula is C24H29N7O2. The van der Waals surface area contributed by atoms with Crippen LogP contribution in [0.3, 0.4) is 0 Å². The lowest BCUT2D eigenvalue weighted by molar-refractivity contribution is 0.164. The van der Waals surface area contributed by atoms with Crippen molar-refractivity contribution in [3.8, 4) is 16.9 Å². The Balaban J connectivity index is 1.56. The zero-order valence-electron chi connectivity index (χ0n) is 19.1. The van der Waals surface area contributed by atoms with Gasteiger partial charge in [-0.1, -0.05) is 6.07 Å². The maximum atomic E-state index is 6.78. The molecule has 3 aliphatic heterocycles. The second-order valence-electron chi connectivity index (χ2n) is 8.52. The van der Waals surface area contributed by atoms with Gasteiger partial charge in [-0.15, -0.1) is 0 Å². The van der Waals surface area contributed by atoms with E-state index in [1.165, 1.54) is 0 Å². The van der Waals surface area contributed by atoms with E-state index in [4.69, 9.17) is 20.9 Å². The number of methoxy groups -OCH3 is 1. The average molecular weight is 448 g/mol. The first-order valence-corrected chi connectivity index (χ1v) is 11.0. The second-order valence-corrected chi connectivity index (χ2v) is 8.52. The molecule has 1 aromatic heterocycles. The highest BCUT2D eigenvalue weighted by Gasteiger charge is 2.34. The SMILES string of the molecule is COc1cc(-c2cnn(C)c2)ccc1N1C(N)=NC=C2C=CN(C(C)C3CCOC3)C(N)=C21. The van der Waals surface area contributed by atoms with E-state index >= 15 is 0 Å². The molecule has 0 saturated carbocycles. The van der Waals surface area contributed by atoms with Crippen LogP contribution in [0.25, 0.3) is 11.1 Å². The normalized spacial score (nSPS) is 21.1. The zero-order chi connectivity index (χ0) is 23.1. The summed E-state index contributed by atoms with van der Waals surface area (Å²) < 4.78 is 13.2. The summed E-state index contributed by atoms with van der Waals surface area (Å²) in [5.41, 5.74) is 17.6. The van der Waals surface area contributed by atoms with Crippen molar-refractivity contribution >= 4 is 11.6 Å². The Hall–Kier alpha value is -3.72. The fourth-order valence-electron chi connectivity index (χ4n) is 4.62. The number of guanidine groups is 1. The van der Waals surface area contributed by atoms with Gasteiger partial charge in [-0.05, 0) is 37.1 Å². The van der Waals surface area contributed by atoms with Gasteiger partial charge in [0.25, 0.3) is 0 Å². The number of nitrogens with zero attached hydrogens (tertiary/aromatic N) is 5. The van der Waals surface area contributed by atoms with Crippen LogP contribution in [0.1, 0.15) is 13.3 Å². The molecule has 3 aliphatic rings. The first kappa shape index (κ1) is 21.1. The molecule has 2 unspecified atom stereocenters. The fraction of sp³-hybridized carbons (Fsp3) is 0.333. The molecule has 0 spiro atoms. The standard InChI is InChI=1S/C24H29N7O2/c1-15(18-7-9-33-14-18)30-8-6-17-11-27-24(26)31(22(17)23(30)25)20-5-4-16(10-21(20)32-3)19-12-28-29(2)13-19/h4-6,8,10-13,15,18H,7,9,14,25H2,1-3H3,(H2,26,27). The van der Waals surface area contributed by atoms with Gasteiger partial charge in [0.15, 0.2) is 0 Å². The van der Waals surface area contributed by atoms with E-state index in [0.717, 1.165) is 47.7 Å². The van der Waals surface area contributed by atoms with Crippen molar-refractivity contribution in [1.29, 1.82) is 0 Å². The molecule has 5 rings (SSSR count). The Morgan fingerprint density at radius 1 is 1.24 bits per heavy atom.